The Hall–Kier alpha value is -3.75. The van der Waals surface area contributed by atoms with E-state index >= 15 is 0 Å². The number of methoxy groups -OCH3 is 1. The summed E-state index contributed by atoms with van der Waals surface area (Å²) >= 11 is 0. The van der Waals surface area contributed by atoms with Gasteiger partial charge in [0.25, 0.3) is 0 Å². The molecule has 0 aliphatic rings. The summed E-state index contributed by atoms with van der Waals surface area (Å²) in [6.07, 6.45) is 2.88. The molecule has 2 N–H and O–H groups in total. The number of benzene rings is 1. The van der Waals surface area contributed by atoms with Crippen LogP contribution in [0, 0.1) is 17.0 Å². The summed E-state index contributed by atoms with van der Waals surface area (Å²) in [4.78, 5) is 23.3. The third-order valence-corrected chi connectivity index (χ3v) is 3.79. The van der Waals surface area contributed by atoms with Gasteiger partial charge < -0.3 is 15.4 Å². The number of nitrogens with zero attached hydrogens (tertiary/aromatic N) is 4. The van der Waals surface area contributed by atoms with Crippen molar-refractivity contribution in [3.05, 3.63) is 70.2 Å². The molecule has 0 saturated heterocycles. The minimum absolute atomic E-state index is 0.0744. The molecule has 27 heavy (non-hydrogen) atoms. The number of aromatic nitrogens is 3. The molecule has 0 unspecified atom stereocenters. The third kappa shape index (κ3) is 4.46. The minimum Gasteiger partial charge on any atom is -0.497 e. The molecule has 2 aromatic heterocycles. The number of ether oxygens (including phenoxy) is 1. The van der Waals surface area contributed by atoms with Crippen LogP contribution in [0.2, 0.25) is 0 Å². The van der Waals surface area contributed by atoms with Gasteiger partial charge in [-0.3, -0.25) is 10.1 Å². The van der Waals surface area contributed by atoms with Crippen LogP contribution in [0.25, 0.3) is 0 Å². The molecule has 9 nitrogen and oxygen atoms in total. The molecule has 0 bridgehead atoms. The van der Waals surface area contributed by atoms with E-state index in [4.69, 9.17) is 4.74 Å². The summed E-state index contributed by atoms with van der Waals surface area (Å²) in [6.45, 7) is 2.27. The van der Waals surface area contributed by atoms with Crippen molar-refractivity contribution in [2.24, 2.45) is 0 Å². The molecule has 0 aliphatic heterocycles. The van der Waals surface area contributed by atoms with Crippen LogP contribution < -0.4 is 15.4 Å². The van der Waals surface area contributed by atoms with Crippen LogP contribution in [0.4, 0.5) is 23.1 Å². The van der Waals surface area contributed by atoms with E-state index in [1.54, 1.807) is 19.4 Å². The fourth-order valence-electron chi connectivity index (χ4n) is 2.43. The Morgan fingerprint density at radius 2 is 1.85 bits per heavy atom. The summed E-state index contributed by atoms with van der Waals surface area (Å²) in [5.74, 6) is 1.41. The maximum atomic E-state index is 11.6. The van der Waals surface area contributed by atoms with Crippen LogP contribution in [-0.4, -0.2) is 27.0 Å². The fourth-order valence-corrected chi connectivity index (χ4v) is 2.43. The van der Waals surface area contributed by atoms with Crippen LogP contribution in [0.15, 0.2) is 48.9 Å². The van der Waals surface area contributed by atoms with Gasteiger partial charge in [-0.2, -0.15) is 0 Å². The monoisotopic (exact) mass is 366 g/mol. The van der Waals surface area contributed by atoms with Gasteiger partial charge in [-0.05, 0) is 42.3 Å². The smallest absolute Gasteiger partial charge is 0.353 e. The summed E-state index contributed by atoms with van der Waals surface area (Å²) in [5, 5.41) is 17.5. The average Bonchev–Trinajstić information content (AvgIpc) is 2.66. The SMILES string of the molecule is COc1ccc(CNc2ncnc(Nc3cc(C)ccn3)c2[N+](=O)[O-])cc1. The molecule has 9 heteroatoms. The molecule has 0 amide bonds. The van der Waals surface area contributed by atoms with E-state index in [-0.39, 0.29) is 17.3 Å². The Labute approximate surface area is 155 Å². The zero-order chi connectivity index (χ0) is 19.2. The lowest BCUT2D eigenvalue weighted by molar-refractivity contribution is -0.383. The summed E-state index contributed by atoms with van der Waals surface area (Å²) in [6, 6.07) is 11.0. The van der Waals surface area contributed by atoms with Crippen molar-refractivity contribution in [1.82, 2.24) is 15.0 Å². The van der Waals surface area contributed by atoms with Crippen LogP contribution >= 0.6 is 0 Å². The Balaban J connectivity index is 1.83. The van der Waals surface area contributed by atoms with Crippen molar-refractivity contribution in [3.63, 3.8) is 0 Å². The van der Waals surface area contributed by atoms with E-state index in [9.17, 15) is 10.1 Å². The lowest BCUT2D eigenvalue weighted by atomic mass is 10.2. The number of nitrogens with one attached hydrogen (secondary N) is 2. The molecule has 3 aromatic rings. The Kier molecular flexibility index (Phi) is 5.41. The second-order valence-electron chi connectivity index (χ2n) is 5.72. The molecule has 0 fully saturated rings. The zero-order valence-corrected chi connectivity index (χ0v) is 14.8. The highest BCUT2D eigenvalue weighted by molar-refractivity contribution is 5.72. The van der Waals surface area contributed by atoms with E-state index in [0.717, 1.165) is 16.9 Å². The predicted octanol–water partition coefficient (Wildman–Crippen LogP) is 3.45. The third-order valence-electron chi connectivity index (χ3n) is 3.79. The molecule has 0 saturated carbocycles. The number of hydrogen-bond acceptors (Lipinski definition) is 8. The molecule has 1 aromatic carbocycles. The van der Waals surface area contributed by atoms with Crippen molar-refractivity contribution < 1.29 is 9.66 Å². The summed E-state index contributed by atoms with van der Waals surface area (Å²) in [7, 11) is 1.59. The van der Waals surface area contributed by atoms with Crippen LogP contribution in [0.1, 0.15) is 11.1 Å². The first-order valence-corrected chi connectivity index (χ1v) is 8.12. The fraction of sp³-hybridized carbons (Fsp3) is 0.167. The highest BCUT2D eigenvalue weighted by Gasteiger charge is 2.23. The summed E-state index contributed by atoms with van der Waals surface area (Å²) in [5.41, 5.74) is 1.66. The first-order valence-electron chi connectivity index (χ1n) is 8.12. The van der Waals surface area contributed by atoms with Gasteiger partial charge in [0, 0.05) is 12.7 Å². The quantitative estimate of drug-likeness (QED) is 0.482. The Bertz CT molecular complexity index is 946. The second-order valence-corrected chi connectivity index (χ2v) is 5.72. The van der Waals surface area contributed by atoms with Crippen molar-refractivity contribution in [1.29, 1.82) is 0 Å². The van der Waals surface area contributed by atoms with Crippen LogP contribution in [-0.2, 0) is 6.54 Å². The van der Waals surface area contributed by atoms with Gasteiger partial charge >= 0.3 is 5.69 Å². The van der Waals surface area contributed by atoms with Crippen molar-refractivity contribution in [3.8, 4) is 5.75 Å². The largest absolute Gasteiger partial charge is 0.497 e. The van der Waals surface area contributed by atoms with Gasteiger partial charge in [-0.25, -0.2) is 15.0 Å². The topological polar surface area (TPSA) is 115 Å². The van der Waals surface area contributed by atoms with Gasteiger partial charge in [-0.15, -0.1) is 0 Å². The van der Waals surface area contributed by atoms with Gasteiger partial charge in [0.2, 0.25) is 11.6 Å². The Morgan fingerprint density at radius 3 is 2.52 bits per heavy atom. The number of anilines is 3. The molecular weight excluding hydrogens is 348 g/mol. The first kappa shape index (κ1) is 18.1. The van der Waals surface area contributed by atoms with Gasteiger partial charge in [0.05, 0.1) is 12.0 Å². The normalized spacial score (nSPS) is 10.3. The van der Waals surface area contributed by atoms with E-state index < -0.39 is 4.92 Å². The van der Waals surface area contributed by atoms with E-state index in [1.807, 2.05) is 37.3 Å². The summed E-state index contributed by atoms with van der Waals surface area (Å²) < 4.78 is 5.12. The lowest BCUT2D eigenvalue weighted by Crippen LogP contribution is -2.08. The highest BCUT2D eigenvalue weighted by Crippen LogP contribution is 2.31. The second kappa shape index (κ2) is 8.09. The molecule has 0 atom stereocenters. The molecule has 0 radical (unpaired) electrons. The predicted molar refractivity (Wildman–Crippen MR) is 101 cm³/mol. The van der Waals surface area contributed by atoms with Gasteiger partial charge in [-0.1, -0.05) is 12.1 Å². The molecule has 0 spiro atoms. The molecule has 0 aliphatic carbocycles. The number of aryl methyl sites for hydroxylation is 1. The van der Waals surface area contributed by atoms with E-state index in [0.29, 0.717) is 12.4 Å². The molecule has 138 valence electrons. The zero-order valence-electron chi connectivity index (χ0n) is 14.8. The lowest BCUT2D eigenvalue weighted by Gasteiger charge is -2.10. The number of hydrogen-bond donors (Lipinski definition) is 2. The van der Waals surface area contributed by atoms with Gasteiger partial charge in [0.15, 0.2) is 0 Å². The first-order chi connectivity index (χ1) is 13.1. The molecule has 3 rings (SSSR count). The average molecular weight is 366 g/mol. The number of pyridine rings is 1. The van der Waals surface area contributed by atoms with Crippen molar-refractivity contribution in [2.45, 2.75) is 13.5 Å². The van der Waals surface area contributed by atoms with Crippen molar-refractivity contribution in [2.75, 3.05) is 17.7 Å². The number of nitro groups is 1. The maximum absolute atomic E-state index is 11.6. The highest BCUT2D eigenvalue weighted by atomic mass is 16.6. The molecular formula is C18H18N6O3. The maximum Gasteiger partial charge on any atom is 0.353 e. The molecule has 2 heterocycles. The number of rotatable bonds is 7. The van der Waals surface area contributed by atoms with Gasteiger partial charge in [0.1, 0.15) is 17.9 Å². The van der Waals surface area contributed by atoms with Crippen LogP contribution in [0.5, 0.6) is 5.75 Å². The van der Waals surface area contributed by atoms with E-state index in [2.05, 4.69) is 25.6 Å². The minimum atomic E-state index is -0.519. The van der Waals surface area contributed by atoms with Crippen LogP contribution in [0.3, 0.4) is 0 Å². The Morgan fingerprint density at radius 1 is 1.11 bits per heavy atom. The van der Waals surface area contributed by atoms with E-state index in [1.165, 1.54) is 6.33 Å². The standard InChI is InChI=1S/C18H18N6O3/c1-12-7-8-19-15(9-12)23-18-16(24(25)26)17(21-11-22-18)20-10-13-3-5-14(27-2)6-4-13/h3-9,11H,10H2,1-2H3,(H2,19,20,21,22,23). The van der Waals surface area contributed by atoms with Crippen molar-refractivity contribution >= 4 is 23.1 Å².